The molecule has 0 unspecified atom stereocenters. The first kappa shape index (κ1) is 8.27. The predicted molar refractivity (Wildman–Crippen MR) is 52.9 cm³/mol. The van der Waals surface area contributed by atoms with Gasteiger partial charge >= 0.3 is 0 Å². The minimum Gasteiger partial charge on any atom is -0.386 e. The summed E-state index contributed by atoms with van der Waals surface area (Å²) < 4.78 is 1.04. The normalized spacial score (nSPS) is 9.27. The van der Waals surface area contributed by atoms with E-state index in [9.17, 15) is 0 Å². The van der Waals surface area contributed by atoms with Gasteiger partial charge < -0.3 is 5.32 Å². The summed E-state index contributed by atoms with van der Waals surface area (Å²) in [6.07, 6.45) is 0. The third-order valence-corrected chi connectivity index (χ3v) is 1.89. The van der Waals surface area contributed by atoms with Crippen LogP contribution in [0.5, 0.6) is 0 Å². The molecule has 0 atom stereocenters. The maximum Gasteiger partial charge on any atom is 0.0854 e. The van der Waals surface area contributed by atoms with Gasteiger partial charge in [0.2, 0.25) is 0 Å². The molecular formula is C8H9BrN2. The SMILES string of the molecule is C=Nc1ccc(Br)cc1NC. The molecule has 3 heteroatoms. The summed E-state index contributed by atoms with van der Waals surface area (Å²) in [5, 5.41) is 3.02. The van der Waals surface area contributed by atoms with Gasteiger partial charge in [-0.1, -0.05) is 15.9 Å². The predicted octanol–water partition coefficient (Wildman–Crippen LogP) is 2.82. The molecule has 0 heterocycles. The van der Waals surface area contributed by atoms with Gasteiger partial charge in [0.25, 0.3) is 0 Å². The van der Waals surface area contributed by atoms with Gasteiger partial charge in [-0.25, -0.2) is 0 Å². The van der Waals surface area contributed by atoms with Crippen molar-refractivity contribution in [3.8, 4) is 0 Å². The summed E-state index contributed by atoms with van der Waals surface area (Å²) in [6.45, 7) is 3.46. The van der Waals surface area contributed by atoms with Gasteiger partial charge in [-0.05, 0) is 24.9 Å². The third-order valence-electron chi connectivity index (χ3n) is 1.40. The number of halogens is 1. The monoisotopic (exact) mass is 212 g/mol. The Labute approximate surface area is 74.5 Å². The van der Waals surface area contributed by atoms with Crippen LogP contribution >= 0.6 is 15.9 Å². The van der Waals surface area contributed by atoms with Crippen molar-refractivity contribution in [3.63, 3.8) is 0 Å². The average molecular weight is 213 g/mol. The number of hydrogen-bond acceptors (Lipinski definition) is 2. The highest BCUT2D eigenvalue weighted by Gasteiger charge is 1.97. The summed E-state index contributed by atoms with van der Waals surface area (Å²) in [5.41, 5.74) is 1.85. The maximum absolute atomic E-state index is 3.85. The zero-order valence-corrected chi connectivity index (χ0v) is 7.85. The molecule has 1 aromatic rings. The molecule has 0 bridgehead atoms. The first-order valence-electron chi connectivity index (χ1n) is 3.22. The molecule has 1 aromatic carbocycles. The summed E-state index contributed by atoms with van der Waals surface area (Å²) in [7, 11) is 1.86. The van der Waals surface area contributed by atoms with Crippen LogP contribution in [0.2, 0.25) is 0 Å². The van der Waals surface area contributed by atoms with E-state index in [0.29, 0.717) is 0 Å². The number of nitrogens with one attached hydrogen (secondary N) is 1. The Morgan fingerprint density at radius 1 is 1.55 bits per heavy atom. The Bertz CT molecular complexity index is 271. The number of aliphatic imine (C=N–C) groups is 1. The number of nitrogens with zero attached hydrogens (tertiary/aromatic N) is 1. The topological polar surface area (TPSA) is 24.4 Å². The van der Waals surface area contributed by atoms with Crippen molar-refractivity contribution in [1.82, 2.24) is 0 Å². The number of benzene rings is 1. The van der Waals surface area contributed by atoms with E-state index < -0.39 is 0 Å². The lowest BCUT2D eigenvalue weighted by Crippen LogP contribution is -1.87. The summed E-state index contributed by atoms with van der Waals surface area (Å²) in [6, 6.07) is 5.80. The van der Waals surface area contributed by atoms with Crippen LogP contribution in [0.3, 0.4) is 0 Å². The highest BCUT2D eigenvalue weighted by molar-refractivity contribution is 9.10. The van der Waals surface area contributed by atoms with Crippen LogP contribution in [0.15, 0.2) is 27.7 Å². The summed E-state index contributed by atoms with van der Waals surface area (Å²) in [4.78, 5) is 3.85. The quantitative estimate of drug-likeness (QED) is 0.750. The fourth-order valence-electron chi connectivity index (χ4n) is 0.846. The van der Waals surface area contributed by atoms with E-state index >= 15 is 0 Å². The van der Waals surface area contributed by atoms with Crippen LogP contribution in [0.25, 0.3) is 0 Å². The van der Waals surface area contributed by atoms with Gasteiger partial charge in [0.05, 0.1) is 11.4 Å². The van der Waals surface area contributed by atoms with E-state index in [4.69, 9.17) is 0 Å². The van der Waals surface area contributed by atoms with Gasteiger partial charge in [0.1, 0.15) is 0 Å². The second kappa shape index (κ2) is 3.53. The molecule has 0 saturated carbocycles. The minimum atomic E-state index is 0.871. The van der Waals surface area contributed by atoms with E-state index in [1.54, 1.807) is 0 Å². The zero-order chi connectivity index (χ0) is 8.27. The molecule has 58 valence electrons. The van der Waals surface area contributed by atoms with Crippen LogP contribution in [0.4, 0.5) is 11.4 Å². The van der Waals surface area contributed by atoms with Crippen LogP contribution in [-0.4, -0.2) is 13.8 Å². The Balaban J connectivity index is 3.16. The fourth-order valence-corrected chi connectivity index (χ4v) is 1.21. The molecule has 0 spiro atoms. The van der Waals surface area contributed by atoms with E-state index in [-0.39, 0.29) is 0 Å². The first-order valence-corrected chi connectivity index (χ1v) is 4.01. The molecule has 0 aliphatic heterocycles. The molecule has 0 radical (unpaired) electrons. The van der Waals surface area contributed by atoms with Crippen LogP contribution in [0.1, 0.15) is 0 Å². The van der Waals surface area contributed by atoms with Gasteiger partial charge in [-0.15, -0.1) is 0 Å². The van der Waals surface area contributed by atoms with Gasteiger partial charge in [0, 0.05) is 11.5 Å². The zero-order valence-electron chi connectivity index (χ0n) is 6.26. The van der Waals surface area contributed by atoms with Crippen molar-refractivity contribution in [1.29, 1.82) is 0 Å². The third kappa shape index (κ3) is 1.80. The molecular weight excluding hydrogens is 204 g/mol. The number of anilines is 1. The second-order valence-corrected chi connectivity index (χ2v) is 2.99. The molecule has 0 aliphatic carbocycles. The van der Waals surface area contributed by atoms with E-state index in [1.807, 2.05) is 25.2 Å². The average Bonchev–Trinajstić information content (AvgIpc) is 2.04. The van der Waals surface area contributed by atoms with Gasteiger partial charge in [-0.2, -0.15) is 0 Å². The lowest BCUT2D eigenvalue weighted by molar-refractivity contribution is 1.45. The van der Waals surface area contributed by atoms with Gasteiger partial charge in [-0.3, -0.25) is 4.99 Å². The Morgan fingerprint density at radius 3 is 2.82 bits per heavy atom. The summed E-state index contributed by atoms with van der Waals surface area (Å²) in [5.74, 6) is 0. The van der Waals surface area contributed by atoms with Crippen molar-refractivity contribution in [2.45, 2.75) is 0 Å². The molecule has 0 aliphatic rings. The molecule has 0 saturated heterocycles. The molecule has 2 nitrogen and oxygen atoms in total. The standard InChI is InChI=1S/C8H9BrN2/c1-10-7-4-3-6(9)5-8(7)11-2/h3-5,11H,1H2,2H3. The van der Waals surface area contributed by atoms with Crippen LogP contribution in [0, 0.1) is 0 Å². The molecule has 11 heavy (non-hydrogen) atoms. The smallest absolute Gasteiger partial charge is 0.0854 e. The molecule has 1 rings (SSSR count). The number of hydrogen-bond donors (Lipinski definition) is 1. The van der Waals surface area contributed by atoms with Gasteiger partial charge in [0.15, 0.2) is 0 Å². The molecule has 0 amide bonds. The van der Waals surface area contributed by atoms with E-state index in [0.717, 1.165) is 15.8 Å². The number of rotatable bonds is 2. The lowest BCUT2D eigenvalue weighted by Gasteiger charge is -2.03. The lowest BCUT2D eigenvalue weighted by atomic mass is 10.3. The van der Waals surface area contributed by atoms with Crippen molar-refractivity contribution >= 4 is 34.0 Å². The fraction of sp³-hybridized carbons (Fsp3) is 0.125. The van der Waals surface area contributed by atoms with Crippen molar-refractivity contribution in [2.75, 3.05) is 12.4 Å². The van der Waals surface area contributed by atoms with E-state index in [1.165, 1.54) is 0 Å². The Hall–Kier alpha value is -0.830. The molecule has 0 aromatic heterocycles. The Morgan fingerprint density at radius 2 is 2.27 bits per heavy atom. The summed E-state index contributed by atoms with van der Waals surface area (Å²) >= 11 is 3.36. The largest absolute Gasteiger partial charge is 0.386 e. The minimum absolute atomic E-state index is 0.871. The molecule has 1 N–H and O–H groups in total. The highest BCUT2D eigenvalue weighted by atomic mass is 79.9. The first-order chi connectivity index (χ1) is 5.27. The maximum atomic E-state index is 3.85. The Kier molecular flexibility index (Phi) is 2.65. The van der Waals surface area contributed by atoms with Crippen molar-refractivity contribution in [2.24, 2.45) is 4.99 Å². The van der Waals surface area contributed by atoms with Crippen molar-refractivity contribution < 1.29 is 0 Å². The van der Waals surface area contributed by atoms with Crippen LogP contribution in [-0.2, 0) is 0 Å². The van der Waals surface area contributed by atoms with Crippen molar-refractivity contribution in [3.05, 3.63) is 22.7 Å². The van der Waals surface area contributed by atoms with Crippen LogP contribution < -0.4 is 5.32 Å². The van der Waals surface area contributed by atoms with E-state index in [2.05, 4.69) is 33.0 Å². The molecule has 0 fully saturated rings. The highest BCUT2D eigenvalue weighted by Crippen LogP contribution is 2.27. The second-order valence-electron chi connectivity index (χ2n) is 2.07.